The Bertz CT molecular complexity index is 750. The Morgan fingerprint density at radius 3 is 1.70 bits per heavy atom. The fourth-order valence-electron chi connectivity index (χ4n) is 3.38. The lowest BCUT2D eigenvalue weighted by molar-refractivity contribution is -0.148. The zero-order valence-electron chi connectivity index (χ0n) is 18.5. The summed E-state index contributed by atoms with van der Waals surface area (Å²) >= 11 is 0. The molecule has 0 aromatic heterocycles. The van der Waals surface area contributed by atoms with Gasteiger partial charge in [-0.25, -0.2) is 0 Å². The number of phenolic OH excluding ortho intramolecular Hbond substituents is 3. The first-order valence-corrected chi connectivity index (χ1v) is 10.5. The summed E-state index contributed by atoms with van der Waals surface area (Å²) in [6.45, 7) is 6.76. The fraction of sp³-hybridized carbons (Fsp3) is 0.652. The van der Waals surface area contributed by atoms with Gasteiger partial charge in [0.05, 0.1) is 10.8 Å². The van der Waals surface area contributed by atoms with Crippen molar-refractivity contribution in [2.75, 3.05) is 0 Å². The number of aryl methyl sites for hydroxylation is 1. The number of phenols is 3. The molecular weight excluding hydrogens is 388 g/mol. The number of carboxylic acids is 2. The molecular formula is C23H36O7. The SMILES string of the molecule is CC(C)(CCCCCc1cc(O)c(O)c(O)c1CCCCC(C)(C)C(=O)O)C(=O)O. The smallest absolute Gasteiger partial charge is 0.309 e. The van der Waals surface area contributed by atoms with Gasteiger partial charge in [-0.1, -0.05) is 19.3 Å². The van der Waals surface area contributed by atoms with Gasteiger partial charge in [-0.15, -0.1) is 0 Å². The molecule has 30 heavy (non-hydrogen) atoms. The molecule has 0 amide bonds. The van der Waals surface area contributed by atoms with Crippen molar-refractivity contribution in [1.29, 1.82) is 0 Å². The first-order chi connectivity index (χ1) is 13.8. The molecule has 5 N–H and O–H groups in total. The molecule has 0 aliphatic rings. The Kier molecular flexibility index (Phi) is 9.00. The number of carboxylic acid groups (broad SMARTS) is 2. The number of rotatable bonds is 13. The largest absolute Gasteiger partial charge is 0.504 e. The maximum Gasteiger partial charge on any atom is 0.309 e. The number of unbranched alkanes of at least 4 members (excludes halogenated alkanes) is 3. The second-order valence-electron chi connectivity index (χ2n) is 9.38. The Hall–Kier alpha value is -2.44. The number of hydrogen-bond acceptors (Lipinski definition) is 5. The highest BCUT2D eigenvalue weighted by molar-refractivity contribution is 5.73. The molecule has 0 saturated carbocycles. The van der Waals surface area contributed by atoms with Gasteiger partial charge in [0.1, 0.15) is 0 Å². The molecule has 7 nitrogen and oxygen atoms in total. The van der Waals surface area contributed by atoms with Crippen molar-refractivity contribution in [3.63, 3.8) is 0 Å². The Labute approximate surface area is 178 Å². The third-order valence-electron chi connectivity index (χ3n) is 5.84. The highest BCUT2D eigenvalue weighted by Gasteiger charge is 2.27. The molecule has 1 aromatic rings. The highest BCUT2D eigenvalue weighted by Crippen LogP contribution is 2.41. The lowest BCUT2D eigenvalue weighted by Crippen LogP contribution is -2.23. The van der Waals surface area contributed by atoms with E-state index < -0.39 is 28.5 Å². The normalized spacial score (nSPS) is 12.1. The Morgan fingerprint density at radius 2 is 1.20 bits per heavy atom. The van der Waals surface area contributed by atoms with E-state index in [9.17, 15) is 35.1 Å². The van der Waals surface area contributed by atoms with Crippen molar-refractivity contribution in [2.24, 2.45) is 10.8 Å². The number of aliphatic carboxylic acids is 2. The summed E-state index contributed by atoms with van der Waals surface area (Å²) in [5, 5.41) is 48.4. The lowest BCUT2D eigenvalue weighted by Gasteiger charge is -2.19. The minimum absolute atomic E-state index is 0.325. The maximum absolute atomic E-state index is 11.2. The maximum atomic E-state index is 11.2. The van der Waals surface area contributed by atoms with Crippen molar-refractivity contribution >= 4 is 11.9 Å². The van der Waals surface area contributed by atoms with E-state index in [1.165, 1.54) is 6.07 Å². The summed E-state index contributed by atoms with van der Waals surface area (Å²) in [7, 11) is 0. The first kappa shape index (κ1) is 25.6. The van der Waals surface area contributed by atoms with Gasteiger partial charge in [-0.3, -0.25) is 9.59 Å². The molecule has 0 radical (unpaired) electrons. The van der Waals surface area contributed by atoms with Gasteiger partial charge < -0.3 is 25.5 Å². The average molecular weight is 425 g/mol. The summed E-state index contributed by atoms with van der Waals surface area (Å²) in [5.74, 6) is -2.90. The van der Waals surface area contributed by atoms with Crippen LogP contribution in [0.25, 0.3) is 0 Å². The third-order valence-corrected chi connectivity index (χ3v) is 5.84. The topological polar surface area (TPSA) is 135 Å². The zero-order chi connectivity index (χ0) is 23.1. The van der Waals surface area contributed by atoms with E-state index in [1.54, 1.807) is 27.7 Å². The van der Waals surface area contributed by atoms with Gasteiger partial charge in [-0.05, 0) is 77.8 Å². The predicted octanol–water partition coefficient (Wildman–Crippen LogP) is 4.84. The van der Waals surface area contributed by atoms with E-state index in [4.69, 9.17) is 0 Å². The molecule has 170 valence electrons. The van der Waals surface area contributed by atoms with Crippen LogP contribution in [0.4, 0.5) is 0 Å². The van der Waals surface area contributed by atoms with E-state index in [-0.39, 0.29) is 11.5 Å². The highest BCUT2D eigenvalue weighted by atomic mass is 16.4. The van der Waals surface area contributed by atoms with E-state index in [1.807, 2.05) is 0 Å². The van der Waals surface area contributed by atoms with Crippen LogP contribution in [0.2, 0.25) is 0 Å². The van der Waals surface area contributed by atoms with E-state index in [2.05, 4.69) is 0 Å². The Morgan fingerprint density at radius 1 is 0.733 bits per heavy atom. The molecule has 1 rings (SSSR count). The number of aromatic hydroxyl groups is 3. The molecule has 0 aliphatic heterocycles. The van der Waals surface area contributed by atoms with E-state index in [0.717, 1.165) is 24.8 Å². The zero-order valence-corrected chi connectivity index (χ0v) is 18.5. The van der Waals surface area contributed by atoms with Crippen molar-refractivity contribution < 1.29 is 35.1 Å². The monoisotopic (exact) mass is 424 g/mol. The minimum Gasteiger partial charge on any atom is -0.504 e. The lowest BCUT2D eigenvalue weighted by atomic mass is 9.86. The van der Waals surface area contributed by atoms with Gasteiger partial charge in [0, 0.05) is 5.56 Å². The number of carbonyl (C=O) groups is 2. The third kappa shape index (κ3) is 7.11. The molecule has 0 aliphatic carbocycles. The summed E-state index contributed by atoms with van der Waals surface area (Å²) in [6, 6.07) is 1.47. The van der Waals surface area contributed by atoms with Crippen LogP contribution in [0.5, 0.6) is 17.2 Å². The van der Waals surface area contributed by atoms with Crippen LogP contribution in [0.15, 0.2) is 6.07 Å². The molecule has 0 atom stereocenters. The van der Waals surface area contributed by atoms with Crippen molar-refractivity contribution in [3.05, 3.63) is 17.2 Å². The summed E-state index contributed by atoms with van der Waals surface area (Å²) in [4.78, 5) is 22.4. The second kappa shape index (κ2) is 10.5. The molecule has 0 spiro atoms. The fourth-order valence-corrected chi connectivity index (χ4v) is 3.38. The number of hydrogen-bond donors (Lipinski definition) is 5. The van der Waals surface area contributed by atoms with Crippen molar-refractivity contribution in [1.82, 2.24) is 0 Å². The van der Waals surface area contributed by atoms with Crippen LogP contribution < -0.4 is 0 Å². The second-order valence-corrected chi connectivity index (χ2v) is 9.38. The molecule has 0 unspecified atom stereocenters. The van der Waals surface area contributed by atoms with Crippen molar-refractivity contribution in [3.8, 4) is 17.2 Å². The Balaban J connectivity index is 2.70. The van der Waals surface area contributed by atoms with E-state index >= 15 is 0 Å². The van der Waals surface area contributed by atoms with Crippen LogP contribution in [0.1, 0.15) is 83.8 Å². The van der Waals surface area contributed by atoms with Gasteiger partial charge in [0.25, 0.3) is 0 Å². The molecule has 0 bridgehead atoms. The summed E-state index contributed by atoms with van der Waals surface area (Å²) in [5.41, 5.74) is -0.252. The molecule has 0 heterocycles. The number of benzene rings is 1. The average Bonchev–Trinajstić information content (AvgIpc) is 2.64. The van der Waals surface area contributed by atoms with Gasteiger partial charge in [0.2, 0.25) is 5.75 Å². The molecule has 1 aromatic carbocycles. The van der Waals surface area contributed by atoms with Crippen LogP contribution in [-0.2, 0) is 22.4 Å². The van der Waals surface area contributed by atoms with Crippen LogP contribution in [0, 0.1) is 10.8 Å². The van der Waals surface area contributed by atoms with Crippen LogP contribution >= 0.6 is 0 Å². The predicted molar refractivity (Wildman–Crippen MR) is 114 cm³/mol. The van der Waals surface area contributed by atoms with E-state index in [0.29, 0.717) is 44.1 Å². The van der Waals surface area contributed by atoms with Crippen LogP contribution in [0.3, 0.4) is 0 Å². The minimum atomic E-state index is -0.848. The van der Waals surface area contributed by atoms with Crippen molar-refractivity contribution in [2.45, 2.75) is 85.5 Å². The molecule has 0 saturated heterocycles. The quantitative estimate of drug-likeness (QED) is 0.226. The van der Waals surface area contributed by atoms with Crippen LogP contribution in [-0.4, -0.2) is 37.5 Å². The summed E-state index contributed by atoms with van der Waals surface area (Å²) in [6.07, 6.45) is 5.77. The van der Waals surface area contributed by atoms with Gasteiger partial charge >= 0.3 is 11.9 Å². The molecule has 7 heteroatoms. The molecule has 0 fully saturated rings. The van der Waals surface area contributed by atoms with Gasteiger partial charge in [-0.2, -0.15) is 0 Å². The standard InChI is InChI=1S/C23H36O7/c1-22(2,20(27)28)12-8-5-6-10-15-14-17(24)19(26)18(25)16(15)11-7-9-13-23(3,4)21(29)30/h14,24-26H,5-13H2,1-4H3,(H,27,28)(H,29,30). The van der Waals surface area contributed by atoms with Gasteiger partial charge in [0.15, 0.2) is 11.5 Å². The summed E-state index contributed by atoms with van der Waals surface area (Å²) < 4.78 is 0. The first-order valence-electron chi connectivity index (χ1n) is 10.5.